The quantitative estimate of drug-likeness (QED) is 0.497. The minimum absolute atomic E-state index is 0.294. The number of fused-ring (bicyclic) bond motifs is 1. The molecule has 2 aromatic rings. The monoisotopic (exact) mass is 313 g/mol. The molecular weight excluding hydrogens is 286 g/mol. The Labute approximate surface area is 139 Å². The number of anilines is 1. The largest absolute Gasteiger partial charge is 0.465 e. The van der Waals surface area contributed by atoms with E-state index in [1.54, 1.807) is 0 Å². The summed E-state index contributed by atoms with van der Waals surface area (Å²) < 4.78 is 4.76. The van der Waals surface area contributed by atoms with E-state index in [2.05, 4.69) is 24.4 Å². The Bertz CT molecular complexity index is 637. The van der Waals surface area contributed by atoms with E-state index in [9.17, 15) is 4.79 Å². The van der Waals surface area contributed by atoms with Crippen LogP contribution in [0.25, 0.3) is 10.8 Å². The van der Waals surface area contributed by atoms with Gasteiger partial charge in [-0.2, -0.15) is 0 Å². The van der Waals surface area contributed by atoms with E-state index in [4.69, 9.17) is 4.74 Å². The molecule has 3 nitrogen and oxygen atoms in total. The smallest absolute Gasteiger partial charge is 0.337 e. The van der Waals surface area contributed by atoms with Crippen molar-refractivity contribution in [2.24, 2.45) is 0 Å². The van der Waals surface area contributed by atoms with Crippen LogP contribution in [0.1, 0.15) is 55.8 Å². The van der Waals surface area contributed by atoms with E-state index in [0.717, 1.165) is 23.0 Å². The SMILES string of the molecule is CCCCCCCCNc1ccc2cc(C(=O)OC)ccc2c1. The van der Waals surface area contributed by atoms with Crippen molar-refractivity contribution in [3.05, 3.63) is 42.0 Å². The third kappa shape index (κ3) is 5.27. The Balaban J connectivity index is 1.87. The number of carbonyl (C=O) groups is 1. The standard InChI is InChI=1S/C20H27NO2/c1-3-4-5-6-7-8-13-21-19-12-11-16-14-18(20(22)23-2)10-9-17(16)15-19/h9-12,14-15,21H,3-8,13H2,1-2H3. The van der Waals surface area contributed by atoms with Gasteiger partial charge in [-0.05, 0) is 41.5 Å². The van der Waals surface area contributed by atoms with Gasteiger partial charge >= 0.3 is 5.97 Å². The normalized spacial score (nSPS) is 10.7. The van der Waals surface area contributed by atoms with Crippen molar-refractivity contribution in [1.82, 2.24) is 0 Å². The molecule has 23 heavy (non-hydrogen) atoms. The predicted octanol–water partition coefficient (Wildman–Crippen LogP) is 5.40. The van der Waals surface area contributed by atoms with E-state index in [1.165, 1.54) is 45.6 Å². The molecule has 2 aromatic carbocycles. The summed E-state index contributed by atoms with van der Waals surface area (Å²) in [4.78, 5) is 11.6. The lowest BCUT2D eigenvalue weighted by Gasteiger charge is -2.08. The van der Waals surface area contributed by atoms with Gasteiger partial charge in [0.2, 0.25) is 0 Å². The van der Waals surface area contributed by atoms with E-state index in [0.29, 0.717) is 5.56 Å². The first-order valence-corrected chi connectivity index (χ1v) is 8.60. The number of hydrogen-bond donors (Lipinski definition) is 1. The van der Waals surface area contributed by atoms with Gasteiger partial charge < -0.3 is 10.1 Å². The number of hydrogen-bond acceptors (Lipinski definition) is 3. The maximum atomic E-state index is 11.6. The Hall–Kier alpha value is -2.03. The number of nitrogens with one attached hydrogen (secondary N) is 1. The van der Waals surface area contributed by atoms with Crippen LogP contribution in [0.5, 0.6) is 0 Å². The van der Waals surface area contributed by atoms with Gasteiger partial charge in [-0.15, -0.1) is 0 Å². The average Bonchev–Trinajstić information content (AvgIpc) is 2.59. The Kier molecular flexibility index (Phi) is 6.92. The van der Waals surface area contributed by atoms with Crippen molar-refractivity contribution < 1.29 is 9.53 Å². The predicted molar refractivity (Wildman–Crippen MR) is 97.2 cm³/mol. The molecular formula is C20H27NO2. The molecule has 124 valence electrons. The van der Waals surface area contributed by atoms with Crippen molar-refractivity contribution in [2.45, 2.75) is 45.4 Å². The molecule has 0 aliphatic heterocycles. The van der Waals surface area contributed by atoms with Crippen LogP contribution in [0.2, 0.25) is 0 Å². The molecule has 0 fully saturated rings. The molecule has 2 rings (SSSR count). The number of methoxy groups -OCH3 is 1. The highest BCUT2D eigenvalue weighted by Gasteiger charge is 2.06. The number of benzene rings is 2. The number of esters is 1. The molecule has 0 aliphatic carbocycles. The minimum Gasteiger partial charge on any atom is -0.465 e. The number of ether oxygens (including phenoxy) is 1. The van der Waals surface area contributed by atoms with Crippen LogP contribution in [0.4, 0.5) is 5.69 Å². The average molecular weight is 313 g/mol. The van der Waals surface area contributed by atoms with Crippen LogP contribution >= 0.6 is 0 Å². The van der Waals surface area contributed by atoms with Crippen LogP contribution in [-0.4, -0.2) is 19.6 Å². The molecule has 1 N–H and O–H groups in total. The third-order valence-electron chi connectivity index (χ3n) is 4.12. The van der Waals surface area contributed by atoms with Gasteiger partial charge in [0.1, 0.15) is 0 Å². The van der Waals surface area contributed by atoms with Crippen LogP contribution in [-0.2, 0) is 4.74 Å². The van der Waals surface area contributed by atoms with Gasteiger partial charge in [-0.1, -0.05) is 51.2 Å². The summed E-state index contributed by atoms with van der Waals surface area (Å²) in [5, 5.41) is 5.67. The zero-order chi connectivity index (χ0) is 16.5. The van der Waals surface area contributed by atoms with Gasteiger partial charge in [0, 0.05) is 12.2 Å². The molecule has 0 bridgehead atoms. The maximum absolute atomic E-state index is 11.6. The third-order valence-corrected chi connectivity index (χ3v) is 4.12. The summed E-state index contributed by atoms with van der Waals surface area (Å²) in [7, 11) is 1.40. The molecule has 0 amide bonds. The first-order chi connectivity index (χ1) is 11.2. The fourth-order valence-corrected chi connectivity index (χ4v) is 2.74. The fourth-order valence-electron chi connectivity index (χ4n) is 2.74. The van der Waals surface area contributed by atoms with E-state index in [-0.39, 0.29) is 5.97 Å². The Morgan fingerprint density at radius 3 is 2.43 bits per heavy atom. The van der Waals surface area contributed by atoms with E-state index < -0.39 is 0 Å². The molecule has 0 atom stereocenters. The summed E-state index contributed by atoms with van der Waals surface area (Å²) in [5.74, 6) is -0.294. The highest BCUT2D eigenvalue weighted by atomic mass is 16.5. The molecule has 0 spiro atoms. The van der Waals surface area contributed by atoms with Crippen LogP contribution in [0.3, 0.4) is 0 Å². The van der Waals surface area contributed by atoms with Gasteiger partial charge in [0.25, 0.3) is 0 Å². The van der Waals surface area contributed by atoms with Gasteiger partial charge in [-0.3, -0.25) is 0 Å². The maximum Gasteiger partial charge on any atom is 0.337 e. The first kappa shape index (κ1) is 17.3. The topological polar surface area (TPSA) is 38.3 Å². The van der Waals surface area contributed by atoms with Crippen LogP contribution in [0.15, 0.2) is 36.4 Å². The second-order valence-corrected chi connectivity index (χ2v) is 5.96. The van der Waals surface area contributed by atoms with E-state index >= 15 is 0 Å². The van der Waals surface area contributed by atoms with Crippen LogP contribution in [0, 0.1) is 0 Å². The Morgan fingerprint density at radius 1 is 0.957 bits per heavy atom. The zero-order valence-electron chi connectivity index (χ0n) is 14.2. The Morgan fingerprint density at radius 2 is 1.65 bits per heavy atom. The lowest BCUT2D eigenvalue weighted by atomic mass is 10.1. The summed E-state index contributed by atoms with van der Waals surface area (Å²) in [6.45, 7) is 3.26. The highest BCUT2D eigenvalue weighted by molar-refractivity contribution is 5.96. The van der Waals surface area contributed by atoms with Crippen molar-refractivity contribution in [2.75, 3.05) is 19.0 Å². The zero-order valence-corrected chi connectivity index (χ0v) is 14.2. The molecule has 0 aliphatic rings. The highest BCUT2D eigenvalue weighted by Crippen LogP contribution is 2.21. The second-order valence-electron chi connectivity index (χ2n) is 5.96. The number of rotatable bonds is 9. The molecule has 0 saturated heterocycles. The van der Waals surface area contributed by atoms with Crippen molar-refractivity contribution in [1.29, 1.82) is 0 Å². The molecule has 0 unspecified atom stereocenters. The summed E-state index contributed by atoms with van der Waals surface area (Å²) in [5.41, 5.74) is 1.73. The van der Waals surface area contributed by atoms with Crippen molar-refractivity contribution >= 4 is 22.4 Å². The van der Waals surface area contributed by atoms with Gasteiger partial charge in [0.05, 0.1) is 12.7 Å². The summed E-state index contributed by atoms with van der Waals surface area (Å²) in [6.07, 6.45) is 7.85. The molecule has 0 radical (unpaired) electrons. The number of carbonyl (C=O) groups excluding carboxylic acids is 1. The minimum atomic E-state index is -0.294. The van der Waals surface area contributed by atoms with Gasteiger partial charge in [-0.25, -0.2) is 4.79 Å². The molecule has 0 aromatic heterocycles. The molecule has 0 saturated carbocycles. The first-order valence-electron chi connectivity index (χ1n) is 8.60. The lowest BCUT2D eigenvalue weighted by Crippen LogP contribution is -2.02. The van der Waals surface area contributed by atoms with Crippen molar-refractivity contribution in [3.8, 4) is 0 Å². The van der Waals surface area contributed by atoms with Crippen LogP contribution < -0.4 is 5.32 Å². The van der Waals surface area contributed by atoms with E-state index in [1.807, 2.05) is 24.3 Å². The lowest BCUT2D eigenvalue weighted by molar-refractivity contribution is 0.0601. The molecule has 3 heteroatoms. The molecule has 0 heterocycles. The summed E-state index contributed by atoms with van der Waals surface area (Å²) in [6, 6.07) is 11.9. The number of unbranched alkanes of at least 4 members (excludes halogenated alkanes) is 5. The second kappa shape index (κ2) is 9.19. The van der Waals surface area contributed by atoms with Gasteiger partial charge in [0.15, 0.2) is 0 Å². The summed E-state index contributed by atoms with van der Waals surface area (Å²) >= 11 is 0. The van der Waals surface area contributed by atoms with Crippen molar-refractivity contribution in [3.63, 3.8) is 0 Å². The fraction of sp³-hybridized carbons (Fsp3) is 0.450.